The van der Waals surface area contributed by atoms with Crippen LogP contribution in [0.25, 0.3) is 0 Å². The van der Waals surface area contributed by atoms with E-state index >= 15 is 0 Å². The van der Waals surface area contributed by atoms with Crippen molar-refractivity contribution in [3.05, 3.63) is 0 Å². The number of halogens is 2. The van der Waals surface area contributed by atoms with E-state index in [1.54, 1.807) is 0 Å². The molecule has 1 aliphatic heterocycles. The Hall–Kier alpha value is 0.490. The van der Waals surface area contributed by atoms with E-state index in [1.165, 1.54) is 0 Å². The third-order valence-corrected chi connectivity index (χ3v) is 7.63. The largest absolute Gasteiger partial charge is 0.212 e. The van der Waals surface area contributed by atoms with Gasteiger partial charge in [0.1, 0.15) is 4.33 Å². The first-order valence-electron chi connectivity index (χ1n) is 5.51. The van der Waals surface area contributed by atoms with Gasteiger partial charge in [0.2, 0.25) is 10.0 Å². The van der Waals surface area contributed by atoms with Gasteiger partial charge in [-0.2, -0.15) is 0 Å². The van der Waals surface area contributed by atoms with Crippen molar-refractivity contribution in [2.24, 2.45) is 16.7 Å². The zero-order chi connectivity index (χ0) is 12.0. The smallest absolute Gasteiger partial charge is 0.212 e. The van der Waals surface area contributed by atoms with Gasteiger partial charge in [-0.05, 0) is 24.2 Å². The summed E-state index contributed by atoms with van der Waals surface area (Å²) in [5, 5.41) is 0. The number of fused-ring (bicyclic) bond motifs is 1. The minimum Gasteiger partial charge on any atom is -0.212 e. The second-order valence-electron chi connectivity index (χ2n) is 5.95. The normalized spacial score (nSPS) is 50.5. The fraction of sp³-hybridized carbons (Fsp3) is 1.00. The molecule has 1 saturated heterocycles. The molecule has 1 spiro atoms. The fourth-order valence-electron chi connectivity index (χ4n) is 4.28. The number of sulfonamides is 1. The minimum absolute atomic E-state index is 0.113. The van der Waals surface area contributed by atoms with Crippen molar-refractivity contribution in [2.75, 3.05) is 5.75 Å². The van der Waals surface area contributed by atoms with Gasteiger partial charge in [0.15, 0.2) is 0 Å². The summed E-state index contributed by atoms with van der Waals surface area (Å²) in [6.07, 6.45) is 1.83. The highest BCUT2D eigenvalue weighted by Crippen LogP contribution is 2.73. The molecule has 1 N–H and O–H groups in total. The van der Waals surface area contributed by atoms with Gasteiger partial charge in [0.25, 0.3) is 0 Å². The zero-order valence-electron chi connectivity index (χ0n) is 9.26. The van der Waals surface area contributed by atoms with Gasteiger partial charge >= 0.3 is 0 Å². The Morgan fingerprint density at radius 3 is 2.50 bits per heavy atom. The fourth-order valence-corrected chi connectivity index (χ4v) is 7.92. The van der Waals surface area contributed by atoms with Crippen LogP contribution in [0.4, 0.5) is 0 Å². The number of hydrogen-bond donors (Lipinski definition) is 1. The standard InChI is InChI=1S/C10H15Cl2NO2S/c1-8(2)6-3-4-9(8)5-16(14,15)13-7(9)10(6,11)12/h6-7,13H,3-5H2,1-2H3/t6-,7-,9+/m0/s1. The van der Waals surface area contributed by atoms with Crippen LogP contribution in [0.2, 0.25) is 0 Å². The lowest BCUT2D eigenvalue weighted by molar-refractivity contribution is 0.146. The molecule has 3 fully saturated rings. The first-order valence-corrected chi connectivity index (χ1v) is 7.92. The SMILES string of the molecule is CC1(C)[C@@H]2CC[C@]13CS(=O)(=O)N[C@@H]3C2(Cl)Cl. The summed E-state index contributed by atoms with van der Waals surface area (Å²) >= 11 is 12.8. The summed E-state index contributed by atoms with van der Waals surface area (Å²) in [6, 6.07) is -0.318. The maximum atomic E-state index is 11.8. The Kier molecular flexibility index (Phi) is 1.98. The van der Waals surface area contributed by atoms with Crippen molar-refractivity contribution in [2.45, 2.75) is 37.1 Å². The van der Waals surface area contributed by atoms with Crippen molar-refractivity contribution in [3.8, 4) is 0 Å². The maximum absolute atomic E-state index is 11.8. The lowest BCUT2D eigenvalue weighted by Crippen LogP contribution is -2.48. The van der Waals surface area contributed by atoms with Gasteiger partial charge in [-0.3, -0.25) is 0 Å². The summed E-state index contributed by atoms with van der Waals surface area (Å²) in [5.74, 6) is 0.353. The molecule has 0 aromatic carbocycles. The molecule has 3 nitrogen and oxygen atoms in total. The van der Waals surface area contributed by atoms with Crippen LogP contribution in [0.1, 0.15) is 26.7 Å². The van der Waals surface area contributed by atoms with Gasteiger partial charge < -0.3 is 0 Å². The molecule has 2 aliphatic carbocycles. The molecule has 0 aromatic heterocycles. The highest BCUT2D eigenvalue weighted by atomic mass is 35.5. The quantitative estimate of drug-likeness (QED) is 0.691. The molecule has 0 aromatic rings. The van der Waals surface area contributed by atoms with Crippen LogP contribution in [0, 0.1) is 16.7 Å². The molecular formula is C10H15Cl2NO2S. The van der Waals surface area contributed by atoms with E-state index in [4.69, 9.17) is 23.2 Å². The summed E-state index contributed by atoms with van der Waals surface area (Å²) in [5.41, 5.74) is -0.391. The van der Waals surface area contributed by atoms with Crippen LogP contribution in [-0.2, 0) is 10.0 Å². The molecule has 2 saturated carbocycles. The highest BCUT2D eigenvalue weighted by molar-refractivity contribution is 7.89. The average molecular weight is 284 g/mol. The first-order chi connectivity index (χ1) is 7.14. The Morgan fingerprint density at radius 1 is 1.31 bits per heavy atom. The van der Waals surface area contributed by atoms with Crippen molar-refractivity contribution in [1.29, 1.82) is 0 Å². The van der Waals surface area contributed by atoms with E-state index in [2.05, 4.69) is 18.6 Å². The van der Waals surface area contributed by atoms with E-state index in [0.29, 0.717) is 0 Å². The highest BCUT2D eigenvalue weighted by Gasteiger charge is 2.77. The Bertz CT molecular complexity index is 459. The molecule has 3 atom stereocenters. The molecule has 16 heavy (non-hydrogen) atoms. The van der Waals surface area contributed by atoms with E-state index in [-0.39, 0.29) is 28.5 Å². The van der Waals surface area contributed by atoms with Crippen LogP contribution >= 0.6 is 23.2 Å². The van der Waals surface area contributed by atoms with Gasteiger partial charge in [0.05, 0.1) is 11.8 Å². The van der Waals surface area contributed by atoms with Gasteiger partial charge in [-0.15, -0.1) is 0 Å². The minimum atomic E-state index is -3.21. The Labute approximate surface area is 106 Å². The molecule has 0 radical (unpaired) electrons. The number of rotatable bonds is 0. The van der Waals surface area contributed by atoms with Crippen LogP contribution in [0.3, 0.4) is 0 Å². The Balaban J connectivity index is 2.21. The second kappa shape index (κ2) is 2.73. The van der Waals surface area contributed by atoms with Crippen molar-refractivity contribution < 1.29 is 8.42 Å². The van der Waals surface area contributed by atoms with Crippen LogP contribution in [-0.4, -0.2) is 24.5 Å². The zero-order valence-corrected chi connectivity index (χ0v) is 11.6. The lowest BCUT2D eigenvalue weighted by Gasteiger charge is -2.36. The molecule has 0 amide bonds. The topological polar surface area (TPSA) is 46.2 Å². The van der Waals surface area contributed by atoms with E-state index < -0.39 is 14.4 Å². The molecule has 2 bridgehead atoms. The Morgan fingerprint density at radius 2 is 1.94 bits per heavy atom. The molecule has 1 heterocycles. The maximum Gasteiger partial charge on any atom is 0.212 e. The van der Waals surface area contributed by atoms with Crippen LogP contribution in [0.5, 0.6) is 0 Å². The predicted molar refractivity (Wildman–Crippen MR) is 64.1 cm³/mol. The van der Waals surface area contributed by atoms with E-state index in [9.17, 15) is 8.42 Å². The first kappa shape index (κ1) is 11.6. The van der Waals surface area contributed by atoms with E-state index in [1.807, 2.05) is 0 Å². The predicted octanol–water partition coefficient (Wildman–Crippen LogP) is 1.90. The average Bonchev–Trinajstić information content (AvgIpc) is 2.53. The van der Waals surface area contributed by atoms with Crippen molar-refractivity contribution in [3.63, 3.8) is 0 Å². The summed E-state index contributed by atoms with van der Waals surface area (Å²) in [7, 11) is -3.21. The van der Waals surface area contributed by atoms with Gasteiger partial charge in [-0.25, -0.2) is 13.1 Å². The van der Waals surface area contributed by atoms with Gasteiger partial charge in [-0.1, -0.05) is 37.0 Å². The molecule has 3 aliphatic rings. The molecule has 92 valence electrons. The third kappa shape index (κ3) is 1.03. The van der Waals surface area contributed by atoms with Crippen molar-refractivity contribution >= 4 is 33.2 Å². The molecular weight excluding hydrogens is 269 g/mol. The summed E-state index contributed by atoms with van der Waals surface area (Å²) in [6.45, 7) is 4.21. The third-order valence-electron chi connectivity index (χ3n) is 5.18. The van der Waals surface area contributed by atoms with Crippen LogP contribution in [0.15, 0.2) is 0 Å². The number of hydrogen-bond acceptors (Lipinski definition) is 2. The van der Waals surface area contributed by atoms with Crippen LogP contribution < -0.4 is 4.72 Å². The molecule has 0 unspecified atom stereocenters. The lowest BCUT2D eigenvalue weighted by atomic mass is 9.69. The second-order valence-corrected chi connectivity index (χ2v) is 9.15. The molecule has 3 rings (SSSR count). The summed E-state index contributed by atoms with van der Waals surface area (Å²) in [4.78, 5) is 0. The van der Waals surface area contributed by atoms with Crippen molar-refractivity contribution in [1.82, 2.24) is 4.72 Å². The summed E-state index contributed by atoms with van der Waals surface area (Å²) < 4.78 is 25.3. The van der Waals surface area contributed by atoms with E-state index in [0.717, 1.165) is 12.8 Å². The van der Waals surface area contributed by atoms with Gasteiger partial charge in [0, 0.05) is 5.41 Å². The molecule has 6 heteroatoms. The monoisotopic (exact) mass is 283 g/mol. The number of nitrogens with one attached hydrogen (secondary N) is 1. The number of alkyl halides is 2.